The molecule has 34 heavy (non-hydrogen) atoms. The van der Waals surface area contributed by atoms with Crippen LogP contribution in [0, 0.1) is 0 Å². The Morgan fingerprint density at radius 2 is 1.74 bits per heavy atom. The maximum absolute atomic E-state index is 14.4. The van der Waals surface area contributed by atoms with E-state index in [1.165, 1.54) is 49.8 Å². The van der Waals surface area contributed by atoms with Crippen LogP contribution < -0.4 is 10.1 Å². The molecule has 174 valence electrons. The lowest BCUT2D eigenvalue weighted by Crippen LogP contribution is -2.26. The number of carbonyl (C=O) groups excluding carboxylic acids is 2. The number of rotatable bonds is 6. The first kappa shape index (κ1) is 23.3. The number of methoxy groups -OCH3 is 1. The average Bonchev–Trinajstić information content (AvgIpc) is 3.14. The van der Waals surface area contributed by atoms with Crippen molar-refractivity contribution in [3.8, 4) is 5.75 Å². The number of anilines is 1. The van der Waals surface area contributed by atoms with E-state index in [0.29, 0.717) is 10.6 Å². The second-order valence-electron chi connectivity index (χ2n) is 7.34. The summed E-state index contributed by atoms with van der Waals surface area (Å²) in [7, 11) is 1.36. The molecule has 0 aliphatic carbocycles. The number of pyridine rings is 1. The molecule has 0 saturated heterocycles. The number of nitrogens with one attached hydrogen (secondary N) is 1. The molecule has 1 amide bonds. The summed E-state index contributed by atoms with van der Waals surface area (Å²) in [6, 6.07) is 13.4. The molecule has 0 aliphatic heterocycles. The fraction of sp³-hybridized carbons (Fsp3) is 0.125. The van der Waals surface area contributed by atoms with Gasteiger partial charge in [-0.15, -0.1) is 0 Å². The summed E-state index contributed by atoms with van der Waals surface area (Å²) < 4.78 is 49.3. The Morgan fingerprint density at radius 3 is 2.35 bits per heavy atom. The molecule has 0 fully saturated rings. The predicted octanol–water partition coefficient (Wildman–Crippen LogP) is 5.59. The van der Waals surface area contributed by atoms with E-state index in [4.69, 9.17) is 16.3 Å². The number of amides is 1. The van der Waals surface area contributed by atoms with E-state index < -0.39 is 29.1 Å². The lowest BCUT2D eigenvalue weighted by molar-refractivity contribution is -0.143. The van der Waals surface area contributed by atoms with Gasteiger partial charge in [0, 0.05) is 40.6 Å². The molecule has 2 aromatic carbocycles. The van der Waals surface area contributed by atoms with Crippen molar-refractivity contribution in [3.63, 3.8) is 0 Å². The Balaban J connectivity index is 1.90. The molecule has 0 aliphatic rings. The first-order valence-corrected chi connectivity index (χ1v) is 10.3. The number of ether oxygens (including phenoxy) is 1. The van der Waals surface area contributed by atoms with Crippen LogP contribution in [0.2, 0.25) is 5.02 Å². The van der Waals surface area contributed by atoms with Gasteiger partial charge < -0.3 is 14.6 Å². The molecule has 6 nitrogen and oxygen atoms in total. The van der Waals surface area contributed by atoms with Crippen LogP contribution >= 0.6 is 11.6 Å². The molecule has 10 heteroatoms. The third-order valence-electron chi connectivity index (χ3n) is 5.16. The van der Waals surface area contributed by atoms with E-state index in [-0.39, 0.29) is 28.9 Å². The van der Waals surface area contributed by atoms with Crippen molar-refractivity contribution in [3.05, 3.63) is 88.8 Å². The molecule has 1 N–H and O–H groups in total. The summed E-state index contributed by atoms with van der Waals surface area (Å²) in [5.41, 5.74) is -1.09. The molecule has 0 radical (unpaired) electrons. The lowest BCUT2D eigenvalue weighted by Gasteiger charge is -2.15. The number of fused-ring (bicyclic) bond motifs is 1. The van der Waals surface area contributed by atoms with Crippen molar-refractivity contribution >= 4 is 39.9 Å². The Kier molecular flexibility index (Phi) is 6.30. The van der Waals surface area contributed by atoms with Gasteiger partial charge in [-0.1, -0.05) is 23.7 Å². The van der Waals surface area contributed by atoms with Gasteiger partial charge in [-0.2, -0.15) is 13.2 Å². The van der Waals surface area contributed by atoms with E-state index in [1.54, 1.807) is 24.3 Å². The number of hydrogen-bond acceptors (Lipinski definition) is 4. The minimum absolute atomic E-state index is 0.0458. The second-order valence-corrected chi connectivity index (χ2v) is 7.77. The number of aromatic nitrogens is 2. The monoisotopic (exact) mass is 487 g/mol. The zero-order valence-electron chi connectivity index (χ0n) is 17.7. The Morgan fingerprint density at radius 1 is 1.06 bits per heavy atom. The third kappa shape index (κ3) is 4.60. The SMILES string of the molecule is COc1ccc2c(c1)c(C(=O)C(=O)Nc1ccncc1)c(C(F)(F)F)n2Cc1ccc(Cl)cc1. The van der Waals surface area contributed by atoms with Crippen molar-refractivity contribution in [1.82, 2.24) is 9.55 Å². The highest BCUT2D eigenvalue weighted by molar-refractivity contribution is 6.48. The summed E-state index contributed by atoms with van der Waals surface area (Å²) in [5.74, 6) is -2.28. The number of Topliss-reactive ketones (excluding diaryl/α,β-unsaturated/α-hetero) is 1. The Bertz CT molecular complexity index is 1370. The van der Waals surface area contributed by atoms with Crippen LogP contribution in [0.4, 0.5) is 18.9 Å². The Hall–Kier alpha value is -3.85. The van der Waals surface area contributed by atoms with Crippen LogP contribution in [-0.2, 0) is 17.5 Å². The molecule has 4 aromatic rings. The minimum Gasteiger partial charge on any atom is -0.497 e. The van der Waals surface area contributed by atoms with Crippen molar-refractivity contribution in [1.29, 1.82) is 0 Å². The number of nitrogens with zero attached hydrogens (tertiary/aromatic N) is 2. The van der Waals surface area contributed by atoms with Crippen molar-refractivity contribution in [2.75, 3.05) is 12.4 Å². The van der Waals surface area contributed by atoms with Gasteiger partial charge in [0.25, 0.3) is 11.7 Å². The van der Waals surface area contributed by atoms with Crippen LogP contribution in [0.25, 0.3) is 10.9 Å². The van der Waals surface area contributed by atoms with E-state index in [9.17, 15) is 22.8 Å². The molecule has 2 heterocycles. The van der Waals surface area contributed by atoms with Crippen molar-refractivity contribution < 1.29 is 27.5 Å². The summed E-state index contributed by atoms with van der Waals surface area (Å²) in [6.45, 7) is -0.200. The highest BCUT2D eigenvalue weighted by atomic mass is 35.5. The number of benzene rings is 2. The van der Waals surface area contributed by atoms with Gasteiger partial charge in [0.2, 0.25) is 0 Å². The van der Waals surface area contributed by atoms with Gasteiger partial charge in [0.15, 0.2) is 0 Å². The van der Waals surface area contributed by atoms with Gasteiger partial charge in [-0.25, -0.2) is 0 Å². The number of alkyl halides is 3. The normalized spacial score (nSPS) is 11.4. The maximum atomic E-state index is 14.4. The zero-order valence-corrected chi connectivity index (χ0v) is 18.4. The number of hydrogen-bond donors (Lipinski definition) is 1. The lowest BCUT2D eigenvalue weighted by atomic mass is 10.0. The predicted molar refractivity (Wildman–Crippen MR) is 121 cm³/mol. The summed E-state index contributed by atoms with van der Waals surface area (Å²) >= 11 is 5.90. The molecule has 4 rings (SSSR count). The largest absolute Gasteiger partial charge is 0.497 e. The van der Waals surface area contributed by atoms with E-state index in [2.05, 4.69) is 10.3 Å². The van der Waals surface area contributed by atoms with Crippen LogP contribution in [0.15, 0.2) is 67.0 Å². The van der Waals surface area contributed by atoms with Crippen molar-refractivity contribution in [2.24, 2.45) is 0 Å². The van der Waals surface area contributed by atoms with Gasteiger partial charge >= 0.3 is 6.18 Å². The van der Waals surface area contributed by atoms with Crippen LogP contribution in [0.5, 0.6) is 5.75 Å². The molecule has 0 atom stereocenters. The average molecular weight is 488 g/mol. The standard InChI is InChI=1S/C24H17ClF3N3O3/c1-34-17-6-7-19-18(12-17)20(21(32)23(33)30-16-8-10-29-11-9-16)22(24(26,27)28)31(19)13-14-2-4-15(25)5-3-14/h2-12H,13H2,1H3,(H,29,30,33). The molecular weight excluding hydrogens is 471 g/mol. The highest BCUT2D eigenvalue weighted by Crippen LogP contribution is 2.40. The second kappa shape index (κ2) is 9.18. The number of ketones is 1. The van der Waals surface area contributed by atoms with Crippen molar-refractivity contribution in [2.45, 2.75) is 12.7 Å². The van der Waals surface area contributed by atoms with E-state index in [0.717, 1.165) is 4.57 Å². The highest BCUT2D eigenvalue weighted by Gasteiger charge is 2.42. The van der Waals surface area contributed by atoms with E-state index >= 15 is 0 Å². The summed E-state index contributed by atoms with van der Waals surface area (Å²) in [5, 5.41) is 2.72. The number of carbonyl (C=O) groups is 2. The van der Waals surface area contributed by atoms with Crippen LogP contribution in [0.1, 0.15) is 21.6 Å². The van der Waals surface area contributed by atoms with Crippen LogP contribution in [-0.4, -0.2) is 28.4 Å². The van der Waals surface area contributed by atoms with Gasteiger partial charge in [0.1, 0.15) is 11.4 Å². The summed E-state index contributed by atoms with van der Waals surface area (Å²) in [4.78, 5) is 29.6. The topological polar surface area (TPSA) is 73.2 Å². The molecular formula is C24H17ClF3N3O3. The molecule has 0 unspecified atom stereocenters. The smallest absolute Gasteiger partial charge is 0.432 e. The zero-order chi connectivity index (χ0) is 24.5. The first-order valence-electron chi connectivity index (χ1n) is 9.96. The van der Waals surface area contributed by atoms with E-state index in [1.807, 2.05) is 0 Å². The van der Waals surface area contributed by atoms with Gasteiger partial charge in [-0.3, -0.25) is 14.6 Å². The van der Waals surface area contributed by atoms with Gasteiger partial charge in [-0.05, 0) is 48.0 Å². The quantitative estimate of drug-likeness (QED) is 0.284. The Labute approximate surface area is 196 Å². The van der Waals surface area contributed by atoms with Gasteiger partial charge in [0.05, 0.1) is 12.7 Å². The molecule has 0 spiro atoms. The first-order chi connectivity index (χ1) is 16.2. The third-order valence-corrected chi connectivity index (χ3v) is 5.42. The fourth-order valence-electron chi connectivity index (χ4n) is 3.66. The molecule has 2 aromatic heterocycles. The number of halogens is 4. The molecule has 0 saturated carbocycles. The maximum Gasteiger partial charge on any atom is 0.432 e. The molecule has 0 bridgehead atoms. The fourth-order valence-corrected chi connectivity index (χ4v) is 3.78. The summed E-state index contributed by atoms with van der Waals surface area (Å²) in [6.07, 6.45) is -2.17. The van der Waals surface area contributed by atoms with Crippen LogP contribution in [0.3, 0.4) is 0 Å². The minimum atomic E-state index is -4.93.